The van der Waals surface area contributed by atoms with Crippen molar-refractivity contribution in [3.05, 3.63) is 106 Å². The molecule has 3 N–H and O–H groups in total. The lowest BCUT2D eigenvalue weighted by atomic mass is 10.1. The van der Waals surface area contributed by atoms with Crippen LogP contribution in [0.5, 0.6) is 0 Å². The number of aryl methyl sites for hydroxylation is 1. The van der Waals surface area contributed by atoms with Crippen molar-refractivity contribution in [1.29, 1.82) is 0 Å². The van der Waals surface area contributed by atoms with Crippen LogP contribution in [0.15, 0.2) is 77.6 Å². The minimum Gasteiger partial charge on any atom is -0.444 e. The van der Waals surface area contributed by atoms with Gasteiger partial charge in [0.1, 0.15) is 11.4 Å². The second-order valence-corrected chi connectivity index (χ2v) is 10.9. The van der Waals surface area contributed by atoms with E-state index in [1.807, 2.05) is 65.6 Å². The number of ether oxygens (including phenoxy) is 1. The van der Waals surface area contributed by atoms with Crippen molar-refractivity contribution in [2.75, 3.05) is 18.0 Å². The molecule has 0 aliphatic rings. The standard InChI is InChI=1S/C33H35N5O4/c1-6-18-38(21-23-12-17-28-27(19-23)31(40)36-22(2)35-28)26-15-13-25(14-16-26)30(39)34-20-29(24-10-8-7-9-11-24)37-32(41)42-33(3,4)5/h1,7-17,19,29H,18,20-21H2,2-5H3,(H,34,39)(H,37,41)(H,35,36,40). The quantitative estimate of drug-likeness (QED) is 0.250. The summed E-state index contributed by atoms with van der Waals surface area (Å²) in [5.41, 5.74) is 2.83. The average Bonchev–Trinajstić information content (AvgIpc) is 2.94. The highest BCUT2D eigenvalue weighted by Gasteiger charge is 2.21. The number of amides is 2. The van der Waals surface area contributed by atoms with Crippen LogP contribution in [0.3, 0.4) is 0 Å². The van der Waals surface area contributed by atoms with Gasteiger partial charge in [-0.05, 0) is 75.2 Å². The number of hydrogen-bond acceptors (Lipinski definition) is 6. The molecule has 4 aromatic rings. The third kappa shape index (κ3) is 7.98. The number of aromatic amines is 1. The van der Waals surface area contributed by atoms with Crippen LogP contribution in [0, 0.1) is 19.3 Å². The van der Waals surface area contributed by atoms with Gasteiger partial charge in [0.25, 0.3) is 11.5 Å². The summed E-state index contributed by atoms with van der Waals surface area (Å²) >= 11 is 0. The van der Waals surface area contributed by atoms with Gasteiger partial charge in [-0.15, -0.1) is 6.42 Å². The highest BCUT2D eigenvalue weighted by atomic mass is 16.6. The van der Waals surface area contributed by atoms with Crippen molar-refractivity contribution in [2.45, 2.75) is 45.9 Å². The van der Waals surface area contributed by atoms with Crippen LogP contribution in [0.1, 0.15) is 54.1 Å². The Labute approximate surface area is 245 Å². The molecule has 2 amide bonds. The number of carbonyl (C=O) groups is 2. The maximum absolute atomic E-state index is 13.0. The molecule has 1 unspecified atom stereocenters. The van der Waals surface area contributed by atoms with E-state index < -0.39 is 17.7 Å². The number of nitrogens with zero attached hydrogens (tertiary/aromatic N) is 2. The lowest BCUT2D eigenvalue weighted by Gasteiger charge is -2.24. The number of H-pyrrole nitrogens is 1. The molecule has 1 heterocycles. The van der Waals surface area contributed by atoms with E-state index >= 15 is 0 Å². The number of terminal acetylenes is 1. The lowest BCUT2D eigenvalue weighted by molar-refractivity contribution is 0.0501. The van der Waals surface area contributed by atoms with Crippen molar-refractivity contribution in [2.24, 2.45) is 0 Å². The van der Waals surface area contributed by atoms with E-state index in [0.29, 0.717) is 35.4 Å². The maximum atomic E-state index is 13.0. The van der Waals surface area contributed by atoms with E-state index in [0.717, 1.165) is 16.8 Å². The third-order valence-corrected chi connectivity index (χ3v) is 6.40. The van der Waals surface area contributed by atoms with E-state index in [4.69, 9.17) is 11.2 Å². The summed E-state index contributed by atoms with van der Waals surface area (Å²) in [5.74, 6) is 2.96. The van der Waals surface area contributed by atoms with Gasteiger partial charge in [0.2, 0.25) is 0 Å². The first kappa shape index (κ1) is 29.9. The topological polar surface area (TPSA) is 116 Å². The highest BCUT2D eigenvalue weighted by Crippen LogP contribution is 2.20. The third-order valence-electron chi connectivity index (χ3n) is 6.40. The molecule has 42 heavy (non-hydrogen) atoms. The Morgan fingerprint density at radius 1 is 1.07 bits per heavy atom. The van der Waals surface area contributed by atoms with E-state index in [-0.39, 0.29) is 18.0 Å². The van der Waals surface area contributed by atoms with Crippen molar-refractivity contribution < 1.29 is 14.3 Å². The molecule has 9 nitrogen and oxygen atoms in total. The molecule has 9 heteroatoms. The Kier molecular flexibility index (Phi) is 9.28. The van der Waals surface area contributed by atoms with E-state index in [1.165, 1.54) is 0 Å². The molecule has 0 aliphatic carbocycles. The van der Waals surface area contributed by atoms with Gasteiger partial charge < -0.3 is 25.3 Å². The van der Waals surface area contributed by atoms with E-state index in [2.05, 4.69) is 26.5 Å². The number of rotatable bonds is 9. The van der Waals surface area contributed by atoms with Gasteiger partial charge in [-0.2, -0.15) is 0 Å². The average molecular weight is 566 g/mol. The summed E-state index contributed by atoms with van der Waals surface area (Å²) in [5, 5.41) is 6.27. The van der Waals surface area contributed by atoms with Crippen LogP contribution in [0.25, 0.3) is 10.9 Å². The maximum Gasteiger partial charge on any atom is 0.408 e. The summed E-state index contributed by atoms with van der Waals surface area (Å²) in [6, 6.07) is 21.6. The molecular weight excluding hydrogens is 530 g/mol. The monoisotopic (exact) mass is 565 g/mol. The fourth-order valence-corrected chi connectivity index (χ4v) is 4.48. The minimum atomic E-state index is -0.647. The molecule has 1 atom stereocenters. The molecule has 216 valence electrons. The molecule has 4 rings (SSSR count). The summed E-state index contributed by atoms with van der Waals surface area (Å²) in [6.07, 6.45) is 5.09. The number of benzene rings is 3. The first-order chi connectivity index (χ1) is 20.0. The summed E-state index contributed by atoms with van der Waals surface area (Å²) in [6.45, 7) is 8.10. The van der Waals surface area contributed by atoms with Crippen LogP contribution in [0.2, 0.25) is 0 Å². The molecule has 0 fully saturated rings. The lowest BCUT2D eigenvalue weighted by Crippen LogP contribution is -2.40. The van der Waals surface area contributed by atoms with Crippen LogP contribution in [-0.2, 0) is 11.3 Å². The van der Waals surface area contributed by atoms with E-state index in [9.17, 15) is 14.4 Å². The SMILES string of the molecule is C#CCN(Cc1ccc2nc(C)[nH]c(=O)c2c1)c1ccc(C(=O)NCC(NC(=O)OC(C)(C)C)c2ccccc2)cc1. The molecule has 0 bridgehead atoms. The van der Waals surface area contributed by atoms with Crippen molar-refractivity contribution in [1.82, 2.24) is 20.6 Å². The van der Waals surface area contributed by atoms with Crippen molar-refractivity contribution in [3.8, 4) is 12.3 Å². The number of alkyl carbamates (subject to hydrolysis) is 1. The predicted octanol–water partition coefficient (Wildman–Crippen LogP) is 4.87. The van der Waals surface area contributed by atoms with E-state index in [1.54, 1.807) is 39.8 Å². The Morgan fingerprint density at radius 3 is 2.45 bits per heavy atom. The normalized spacial score (nSPS) is 11.8. The van der Waals surface area contributed by atoms with Crippen LogP contribution >= 0.6 is 0 Å². The van der Waals surface area contributed by atoms with Crippen molar-refractivity contribution in [3.63, 3.8) is 0 Å². The Hall–Kier alpha value is -5.10. The highest BCUT2D eigenvalue weighted by molar-refractivity contribution is 5.94. The largest absolute Gasteiger partial charge is 0.444 e. The molecule has 3 aromatic carbocycles. The summed E-state index contributed by atoms with van der Waals surface area (Å²) in [7, 11) is 0. The fraction of sp³-hybridized carbons (Fsp3) is 0.273. The smallest absolute Gasteiger partial charge is 0.408 e. The van der Waals surface area contributed by atoms with Gasteiger partial charge in [-0.3, -0.25) is 9.59 Å². The molecule has 0 saturated carbocycles. The number of fused-ring (bicyclic) bond motifs is 1. The number of aromatic nitrogens is 2. The number of anilines is 1. The zero-order valence-electron chi connectivity index (χ0n) is 24.2. The number of nitrogens with one attached hydrogen (secondary N) is 3. The summed E-state index contributed by atoms with van der Waals surface area (Å²) in [4.78, 5) is 47.0. The number of hydrogen-bond donors (Lipinski definition) is 3. The molecule has 1 aromatic heterocycles. The van der Waals surface area contributed by atoms with Gasteiger partial charge in [-0.25, -0.2) is 9.78 Å². The Balaban J connectivity index is 1.44. The zero-order chi connectivity index (χ0) is 30.3. The van der Waals surface area contributed by atoms with Crippen molar-refractivity contribution >= 4 is 28.6 Å². The molecule has 0 spiro atoms. The van der Waals surface area contributed by atoms with Crippen LogP contribution < -0.4 is 21.1 Å². The number of carbonyl (C=O) groups excluding carboxylic acids is 2. The van der Waals surface area contributed by atoms with Gasteiger partial charge in [0.05, 0.1) is 23.5 Å². The van der Waals surface area contributed by atoms with Gasteiger partial charge in [0.15, 0.2) is 0 Å². The second kappa shape index (κ2) is 13.0. The molecular formula is C33H35N5O4. The van der Waals surface area contributed by atoms with Gasteiger partial charge in [-0.1, -0.05) is 42.3 Å². The first-order valence-electron chi connectivity index (χ1n) is 13.6. The Bertz CT molecular complexity index is 1650. The van der Waals surface area contributed by atoms with Gasteiger partial charge in [0, 0.05) is 24.3 Å². The minimum absolute atomic E-state index is 0.169. The van der Waals surface area contributed by atoms with Gasteiger partial charge >= 0.3 is 6.09 Å². The molecule has 0 radical (unpaired) electrons. The fourth-order valence-electron chi connectivity index (χ4n) is 4.48. The predicted molar refractivity (Wildman–Crippen MR) is 164 cm³/mol. The van der Waals surface area contributed by atoms with Crippen LogP contribution in [0.4, 0.5) is 10.5 Å². The first-order valence-corrected chi connectivity index (χ1v) is 13.6. The Morgan fingerprint density at radius 2 is 1.79 bits per heavy atom. The van der Waals surface area contributed by atoms with Crippen LogP contribution in [-0.4, -0.2) is 40.7 Å². The second-order valence-electron chi connectivity index (χ2n) is 10.9. The molecule has 0 aliphatic heterocycles. The molecule has 0 saturated heterocycles. The zero-order valence-corrected chi connectivity index (χ0v) is 24.2. The summed E-state index contributed by atoms with van der Waals surface area (Å²) < 4.78 is 5.41.